The molecule has 0 saturated heterocycles. The molecule has 0 aliphatic heterocycles. The van der Waals surface area contributed by atoms with Crippen LogP contribution in [0.15, 0.2) is 30.5 Å². The Morgan fingerprint density at radius 2 is 1.61 bits per heavy atom. The zero-order valence-electron chi connectivity index (χ0n) is 20.4. The fourth-order valence-electron chi connectivity index (χ4n) is 3.78. The van der Waals surface area contributed by atoms with Crippen molar-refractivity contribution in [1.82, 2.24) is 20.9 Å². The number of aliphatic carboxylic acids is 1. The molecule has 9 N–H and O–H groups in total. The minimum Gasteiger partial charge on any atom is -0.480 e. The molecule has 0 aliphatic rings. The van der Waals surface area contributed by atoms with E-state index in [1.165, 1.54) is 0 Å². The van der Waals surface area contributed by atoms with Crippen molar-refractivity contribution in [3.05, 3.63) is 36.0 Å². The van der Waals surface area contributed by atoms with Crippen molar-refractivity contribution in [3.63, 3.8) is 0 Å². The first kappa shape index (κ1) is 28.3. The number of aromatic amines is 1. The van der Waals surface area contributed by atoms with Gasteiger partial charge in [0.2, 0.25) is 23.6 Å². The SMILES string of the molecule is CC(C)CC(NC(=O)C(Cc1c[nH]c2ccccc12)NC(=O)C(CCC(N)=O)NC(=O)CN)C(=O)O. The van der Waals surface area contributed by atoms with Gasteiger partial charge in [0.25, 0.3) is 0 Å². The van der Waals surface area contributed by atoms with Crippen LogP contribution < -0.4 is 27.4 Å². The number of carboxylic acid groups (broad SMARTS) is 1. The molecule has 1 aromatic carbocycles. The van der Waals surface area contributed by atoms with Gasteiger partial charge in [-0.05, 0) is 30.4 Å². The van der Waals surface area contributed by atoms with Gasteiger partial charge in [0.1, 0.15) is 18.1 Å². The number of carboxylic acids is 1. The molecule has 0 aliphatic carbocycles. The minimum atomic E-state index is -1.19. The van der Waals surface area contributed by atoms with E-state index in [0.717, 1.165) is 16.5 Å². The number of carbonyl (C=O) groups is 5. The van der Waals surface area contributed by atoms with Crippen LogP contribution >= 0.6 is 0 Å². The smallest absolute Gasteiger partial charge is 0.326 e. The number of hydrogen-bond acceptors (Lipinski definition) is 6. The standard InChI is InChI=1S/C24H34N6O6/c1-13(2)9-19(24(35)36)30-23(34)18(10-14-12-27-16-6-4-3-5-15(14)16)29-22(33)17(7-8-20(26)31)28-21(32)11-25/h3-6,12-13,17-19,27H,7-11,25H2,1-2H3,(H2,26,31)(H,28,32)(H,29,33)(H,30,34)(H,35,36). The van der Waals surface area contributed by atoms with Crippen molar-refractivity contribution >= 4 is 40.5 Å². The number of carbonyl (C=O) groups excluding carboxylic acids is 4. The second kappa shape index (κ2) is 13.2. The van der Waals surface area contributed by atoms with Gasteiger partial charge in [-0.2, -0.15) is 0 Å². The molecule has 0 fully saturated rings. The van der Waals surface area contributed by atoms with Crippen molar-refractivity contribution in [1.29, 1.82) is 0 Å². The zero-order chi connectivity index (χ0) is 26.8. The Labute approximate surface area is 208 Å². The highest BCUT2D eigenvalue weighted by Crippen LogP contribution is 2.19. The molecule has 3 unspecified atom stereocenters. The average Bonchev–Trinajstić information content (AvgIpc) is 3.22. The summed E-state index contributed by atoms with van der Waals surface area (Å²) in [6.07, 6.45) is 1.67. The third-order valence-corrected chi connectivity index (χ3v) is 5.57. The maximum Gasteiger partial charge on any atom is 0.326 e. The van der Waals surface area contributed by atoms with E-state index in [-0.39, 0.29) is 38.1 Å². The number of nitrogens with one attached hydrogen (secondary N) is 4. The minimum absolute atomic E-state index is 0.00212. The summed E-state index contributed by atoms with van der Waals surface area (Å²) in [4.78, 5) is 64.2. The zero-order valence-corrected chi connectivity index (χ0v) is 20.4. The number of hydrogen-bond donors (Lipinski definition) is 7. The van der Waals surface area contributed by atoms with Crippen molar-refractivity contribution in [2.24, 2.45) is 17.4 Å². The molecular formula is C24H34N6O6. The number of H-pyrrole nitrogens is 1. The molecule has 0 saturated carbocycles. The lowest BCUT2D eigenvalue weighted by Gasteiger charge is -2.25. The molecule has 1 aromatic heterocycles. The van der Waals surface area contributed by atoms with Crippen molar-refractivity contribution < 1.29 is 29.1 Å². The lowest BCUT2D eigenvalue weighted by molar-refractivity contribution is -0.142. The van der Waals surface area contributed by atoms with E-state index in [4.69, 9.17) is 11.5 Å². The van der Waals surface area contributed by atoms with Crippen LogP contribution in [0, 0.1) is 5.92 Å². The molecule has 1 heterocycles. The van der Waals surface area contributed by atoms with Gasteiger partial charge in [0.05, 0.1) is 6.54 Å². The largest absolute Gasteiger partial charge is 0.480 e. The molecular weight excluding hydrogens is 468 g/mol. The van der Waals surface area contributed by atoms with Crippen LogP contribution in [0.4, 0.5) is 0 Å². The summed E-state index contributed by atoms with van der Waals surface area (Å²) in [5.74, 6) is -3.91. The number of nitrogens with two attached hydrogens (primary N) is 2. The number of benzene rings is 1. The predicted octanol–water partition coefficient (Wildman–Crippen LogP) is -0.480. The topological polar surface area (TPSA) is 210 Å². The molecule has 12 nitrogen and oxygen atoms in total. The van der Waals surface area contributed by atoms with Crippen molar-refractivity contribution in [2.45, 2.75) is 57.7 Å². The van der Waals surface area contributed by atoms with Gasteiger partial charge in [-0.25, -0.2) is 4.79 Å². The molecule has 0 radical (unpaired) electrons. The maximum atomic E-state index is 13.2. The quantitative estimate of drug-likeness (QED) is 0.180. The first-order chi connectivity index (χ1) is 17.0. The summed E-state index contributed by atoms with van der Waals surface area (Å²) >= 11 is 0. The first-order valence-corrected chi connectivity index (χ1v) is 11.7. The molecule has 0 bridgehead atoms. The highest BCUT2D eigenvalue weighted by atomic mass is 16.4. The molecule has 2 rings (SSSR count). The summed E-state index contributed by atoms with van der Waals surface area (Å²) in [6, 6.07) is 3.91. The lowest BCUT2D eigenvalue weighted by atomic mass is 10.0. The molecule has 4 amide bonds. The Morgan fingerprint density at radius 1 is 0.972 bits per heavy atom. The summed E-state index contributed by atoms with van der Waals surface area (Å²) in [6.45, 7) is 3.28. The Hall–Kier alpha value is -3.93. The van der Waals surface area contributed by atoms with E-state index in [9.17, 15) is 29.1 Å². The summed E-state index contributed by atoms with van der Waals surface area (Å²) in [5, 5.41) is 17.9. The fourth-order valence-corrected chi connectivity index (χ4v) is 3.78. The number of para-hydroxylation sites is 1. The van der Waals surface area contributed by atoms with E-state index in [1.807, 2.05) is 38.1 Å². The Kier molecular flexibility index (Phi) is 10.4. The van der Waals surface area contributed by atoms with Crippen molar-refractivity contribution in [2.75, 3.05) is 6.54 Å². The lowest BCUT2D eigenvalue weighted by Crippen LogP contribution is -2.57. The van der Waals surface area contributed by atoms with Crippen LogP contribution in [0.2, 0.25) is 0 Å². The molecule has 3 atom stereocenters. The summed E-state index contributed by atoms with van der Waals surface area (Å²) in [7, 11) is 0. The third-order valence-electron chi connectivity index (χ3n) is 5.57. The Morgan fingerprint density at radius 3 is 2.22 bits per heavy atom. The van der Waals surface area contributed by atoms with Crippen LogP contribution in [0.1, 0.15) is 38.7 Å². The molecule has 196 valence electrons. The van der Waals surface area contributed by atoms with Crippen LogP contribution in [0.3, 0.4) is 0 Å². The third kappa shape index (κ3) is 8.38. The summed E-state index contributed by atoms with van der Waals surface area (Å²) < 4.78 is 0. The monoisotopic (exact) mass is 502 g/mol. The van der Waals surface area contributed by atoms with Crippen molar-refractivity contribution in [3.8, 4) is 0 Å². The van der Waals surface area contributed by atoms with Gasteiger partial charge in [-0.1, -0.05) is 32.0 Å². The summed E-state index contributed by atoms with van der Waals surface area (Å²) in [5.41, 5.74) is 12.1. The Balaban J connectivity index is 2.32. The van der Waals surface area contributed by atoms with Gasteiger partial charge in [0.15, 0.2) is 0 Å². The normalized spacial score (nSPS) is 13.6. The second-order valence-corrected chi connectivity index (χ2v) is 8.98. The number of fused-ring (bicyclic) bond motifs is 1. The number of rotatable bonds is 14. The molecule has 2 aromatic rings. The van der Waals surface area contributed by atoms with Gasteiger partial charge in [0, 0.05) is 29.9 Å². The number of amides is 4. The van der Waals surface area contributed by atoms with E-state index in [1.54, 1.807) is 6.20 Å². The van der Waals surface area contributed by atoms with Gasteiger partial charge >= 0.3 is 5.97 Å². The van der Waals surface area contributed by atoms with Crippen LogP contribution in [0.25, 0.3) is 10.9 Å². The molecule has 36 heavy (non-hydrogen) atoms. The highest BCUT2D eigenvalue weighted by molar-refractivity contribution is 5.94. The maximum absolute atomic E-state index is 13.2. The average molecular weight is 503 g/mol. The fraction of sp³-hybridized carbons (Fsp3) is 0.458. The molecule has 0 spiro atoms. The predicted molar refractivity (Wildman–Crippen MR) is 132 cm³/mol. The first-order valence-electron chi connectivity index (χ1n) is 11.7. The van der Waals surface area contributed by atoms with Gasteiger partial charge in [-0.3, -0.25) is 19.2 Å². The number of primary amides is 1. The van der Waals surface area contributed by atoms with Crippen LogP contribution in [-0.4, -0.2) is 64.4 Å². The van der Waals surface area contributed by atoms with E-state index < -0.39 is 47.7 Å². The van der Waals surface area contributed by atoms with Gasteiger partial charge in [-0.15, -0.1) is 0 Å². The highest BCUT2D eigenvalue weighted by Gasteiger charge is 2.30. The molecule has 12 heteroatoms. The van der Waals surface area contributed by atoms with Gasteiger partial charge < -0.3 is 37.5 Å². The Bertz CT molecular complexity index is 1100. The van der Waals surface area contributed by atoms with Crippen LogP contribution in [-0.2, 0) is 30.4 Å². The van der Waals surface area contributed by atoms with Crippen LogP contribution in [0.5, 0.6) is 0 Å². The second-order valence-electron chi connectivity index (χ2n) is 8.98. The van der Waals surface area contributed by atoms with E-state index in [0.29, 0.717) is 0 Å². The van der Waals surface area contributed by atoms with E-state index >= 15 is 0 Å². The number of aromatic nitrogens is 1. The van der Waals surface area contributed by atoms with E-state index in [2.05, 4.69) is 20.9 Å².